The van der Waals surface area contributed by atoms with Gasteiger partial charge >= 0.3 is 5.97 Å². The van der Waals surface area contributed by atoms with Crippen molar-refractivity contribution in [2.24, 2.45) is 5.41 Å². The molecule has 106 valence electrons. The maximum Gasteiger partial charge on any atom is 0.309 e. The molecule has 0 bridgehead atoms. The van der Waals surface area contributed by atoms with Crippen molar-refractivity contribution in [2.75, 3.05) is 13.1 Å². The van der Waals surface area contributed by atoms with Crippen molar-refractivity contribution in [3.8, 4) is 0 Å². The van der Waals surface area contributed by atoms with E-state index in [1.54, 1.807) is 11.3 Å². The van der Waals surface area contributed by atoms with Crippen LogP contribution in [-0.4, -0.2) is 34.0 Å². The summed E-state index contributed by atoms with van der Waals surface area (Å²) in [5.41, 5.74) is 0.629. The molecule has 0 aliphatic carbocycles. The van der Waals surface area contributed by atoms with E-state index >= 15 is 0 Å². The maximum absolute atomic E-state index is 11.5. The number of aliphatic carboxylic acids is 1. The SMILES string of the molecule is CCCC1(C(=O)O)CCN(Cc2csc(C)n2)CC1. The van der Waals surface area contributed by atoms with Crippen molar-refractivity contribution in [3.05, 3.63) is 16.1 Å². The molecule has 0 unspecified atom stereocenters. The minimum atomic E-state index is -0.612. The number of carboxylic acid groups (broad SMARTS) is 1. The average Bonchev–Trinajstić information content (AvgIpc) is 2.77. The molecule has 0 spiro atoms. The van der Waals surface area contributed by atoms with Crippen molar-refractivity contribution in [1.29, 1.82) is 0 Å². The van der Waals surface area contributed by atoms with Crippen LogP contribution in [0.25, 0.3) is 0 Å². The summed E-state index contributed by atoms with van der Waals surface area (Å²) in [5, 5.41) is 12.7. The quantitative estimate of drug-likeness (QED) is 0.902. The number of likely N-dealkylation sites (tertiary alicyclic amines) is 1. The fraction of sp³-hybridized carbons (Fsp3) is 0.714. The second-order valence-corrected chi connectivity index (χ2v) is 6.53. The Labute approximate surface area is 118 Å². The maximum atomic E-state index is 11.5. The highest BCUT2D eigenvalue weighted by molar-refractivity contribution is 7.09. The van der Waals surface area contributed by atoms with Gasteiger partial charge in [0.15, 0.2) is 0 Å². The molecule has 2 heterocycles. The number of nitrogens with zero attached hydrogens (tertiary/aromatic N) is 2. The molecule has 0 amide bonds. The molecule has 0 radical (unpaired) electrons. The first-order valence-electron chi connectivity index (χ1n) is 6.92. The molecule has 1 aromatic heterocycles. The number of carboxylic acids is 1. The summed E-state index contributed by atoms with van der Waals surface area (Å²) in [6.07, 6.45) is 3.27. The van der Waals surface area contributed by atoms with E-state index in [0.717, 1.165) is 56.0 Å². The molecule has 1 aliphatic rings. The van der Waals surface area contributed by atoms with Crippen LogP contribution in [0.1, 0.15) is 43.3 Å². The highest BCUT2D eigenvalue weighted by Crippen LogP contribution is 2.36. The molecule has 1 aromatic rings. The minimum absolute atomic E-state index is 0.483. The van der Waals surface area contributed by atoms with Gasteiger partial charge in [0.25, 0.3) is 0 Å². The fourth-order valence-electron chi connectivity index (χ4n) is 2.90. The summed E-state index contributed by atoms with van der Waals surface area (Å²) in [6, 6.07) is 0. The van der Waals surface area contributed by atoms with Crippen molar-refractivity contribution >= 4 is 17.3 Å². The van der Waals surface area contributed by atoms with Crippen LogP contribution in [0.5, 0.6) is 0 Å². The van der Waals surface area contributed by atoms with Crippen LogP contribution in [0.2, 0.25) is 0 Å². The van der Waals surface area contributed by atoms with E-state index in [-0.39, 0.29) is 0 Å². The van der Waals surface area contributed by atoms with Crippen LogP contribution in [0.3, 0.4) is 0 Å². The van der Waals surface area contributed by atoms with Gasteiger partial charge in [0.2, 0.25) is 0 Å². The predicted octanol–water partition coefficient (Wildman–Crippen LogP) is 2.92. The zero-order valence-electron chi connectivity index (χ0n) is 11.7. The topological polar surface area (TPSA) is 53.4 Å². The van der Waals surface area contributed by atoms with Crippen molar-refractivity contribution in [2.45, 2.75) is 46.1 Å². The van der Waals surface area contributed by atoms with Gasteiger partial charge in [0.05, 0.1) is 16.1 Å². The first-order valence-corrected chi connectivity index (χ1v) is 7.80. The molecule has 0 aromatic carbocycles. The van der Waals surface area contributed by atoms with Crippen LogP contribution in [0.4, 0.5) is 0 Å². The molecule has 1 N–H and O–H groups in total. The molecule has 0 atom stereocenters. The van der Waals surface area contributed by atoms with Gasteiger partial charge in [0.1, 0.15) is 0 Å². The van der Waals surface area contributed by atoms with E-state index in [9.17, 15) is 9.90 Å². The third-order valence-corrected chi connectivity index (χ3v) is 4.87. The smallest absolute Gasteiger partial charge is 0.309 e. The zero-order chi connectivity index (χ0) is 13.9. The number of aryl methyl sites for hydroxylation is 1. The van der Waals surface area contributed by atoms with Crippen molar-refractivity contribution < 1.29 is 9.90 Å². The second kappa shape index (κ2) is 6.01. The summed E-state index contributed by atoms with van der Waals surface area (Å²) in [5.74, 6) is -0.612. The lowest BCUT2D eigenvalue weighted by molar-refractivity contribution is -0.152. The van der Waals surface area contributed by atoms with Crippen LogP contribution in [0.15, 0.2) is 5.38 Å². The number of carbonyl (C=O) groups is 1. The van der Waals surface area contributed by atoms with E-state index in [0.29, 0.717) is 0 Å². The minimum Gasteiger partial charge on any atom is -0.481 e. The number of hydrogen-bond donors (Lipinski definition) is 1. The third-order valence-electron chi connectivity index (χ3n) is 4.05. The van der Waals surface area contributed by atoms with Gasteiger partial charge in [-0.05, 0) is 39.3 Å². The molecule has 1 aliphatic heterocycles. The van der Waals surface area contributed by atoms with E-state index in [2.05, 4.69) is 22.2 Å². The van der Waals surface area contributed by atoms with E-state index in [1.807, 2.05) is 6.92 Å². The molecule has 0 saturated carbocycles. The lowest BCUT2D eigenvalue weighted by Crippen LogP contribution is -2.44. The van der Waals surface area contributed by atoms with Gasteiger partial charge in [-0.1, -0.05) is 13.3 Å². The molecule has 5 heteroatoms. The zero-order valence-corrected chi connectivity index (χ0v) is 12.5. The van der Waals surface area contributed by atoms with Gasteiger partial charge in [-0.15, -0.1) is 11.3 Å². The van der Waals surface area contributed by atoms with Crippen LogP contribution < -0.4 is 0 Å². The Hall–Kier alpha value is -0.940. The Bertz CT molecular complexity index is 436. The average molecular weight is 282 g/mol. The van der Waals surface area contributed by atoms with Crippen LogP contribution in [-0.2, 0) is 11.3 Å². The van der Waals surface area contributed by atoms with E-state index in [4.69, 9.17) is 0 Å². The first kappa shape index (κ1) is 14.5. The van der Waals surface area contributed by atoms with E-state index in [1.165, 1.54) is 0 Å². The number of rotatable bonds is 5. The number of aromatic nitrogens is 1. The summed E-state index contributed by atoms with van der Waals surface area (Å²) in [7, 11) is 0. The summed E-state index contributed by atoms with van der Waals surface area (Å²) < 4.78 is 0. The molecule has 1 saturated heterocycles. The Kier molecular flexibility index (Phi) is 4.58. The normalized spacial score (nSPS) is 19.5. The molecule has 2 rings (SSSR count). The van der Waals surface area contributed by atoms with Crippen molar-refractivity contribution in [1.82, 2.24) is 9.88 Å². The Morgan fingerprint density at radius 2 is 2.21 bits per heavy atom. The van der Waals surface area contributed by atoms with E-state index < -0.39 is 11.4 Å². The first-order chi connectivity index (χ1) is 9.05. The van der Waals surface area contributed by atoms with Gasteiger partial charge in [-0.3, -0.25) is 9.69 Å². The Morgan fingerprint density at radius 1 is 1.53 bits per heavy atom. The Balaban J connectivity index is 1.92. The molecule has 19 heavy (non-hydrogen) atoms. The summed E-state index contributed by atoms with van der Waals surface area (Å²) >= 11 is 1.67. The molecular formula is C14H22N2O2S. The highest BCUT2D eigenvalue weighted by Gasteiger charge is 2.40. The monoisotopic (exact) mass is 282 g/mol. The van der Waals surface area contributed by atoms with Gasteiger partial charge in [-0.2, -0.15) is 0 Å². The second-order valence-electron chi connectivity index (χ2n) is 5.47. The van der Waals surface area contributed by atoms with Crippen molar-refractivity contribution in [3.63, 3.8) is 0 Å². The van der Waals surface area contributed by atoms with Crippen LogP contribution >= 0.6 is 11.3 Å². The Morgan fingerprint density at radius 3 is 2.68 bits per heavy atom. The lowest BCUT2D eigenvalue weighted by atomic mass is 9.75. The van der Waals surface area contributed by atoms with Crippen LogP contribution in [0, 0.1) is 12.3 Å². The third kappa shape index (κ3) is 3.34. The lowest BCUT2D eigenvalue weighted by Gasteiger charge is -2.38. The number of hydrogen-bond acceptors (Lipinski definition) is 4. The molecular weight excluding hydrogens is 260 g/mol. The molecule has 4 nitrogen and oxygen atoms in total. The number of thiazole rings is 1. The summed E-state index contributed by atoms with van der Waals surface area (Å²) in [4.78, 5) is 18.3. The van der Waals surface area contributed by atoms with Gasteiger partial charge in [-0.25, -0.2) is 4.98 Å². The summed E-state index contributed by atoms with van der Waals surface area (Å²) in [6.45, 7) is 6.66. The molecule has 1 fully saturated rings. The predicted molar refractivity (Wildman–Crippen MR) is 76.3 cm³/mol. The van der Waals surface area contributed by atoms with Gasteiger partial charge < -0.3 is 5.11 Å². The van der Waals surface area contributed by atoms with Gasteiger partial charge in [0, 0.05) is 11.9 Å². The number of piperidine rings is 1. The highest BCUT2D eigenvalue weighted by atomic mass is 32.1. The largest absolute Gasteiger partial charge is 0.481 e. The fourth-order valence-corrected chi connectivity index (χ4v) is 3.50. The standard InChI is InChI=1S/C14H22N2O2S/c1-3-4-14(13(17)18)5-7-16(8-6-14)9-12-10-19-11(2)15-12/h10H,3-9H2,1-2H3,(H,17,18).